The molecule has 0 unspecified atom stereocenters. The van der Waals surface area contributed by atoms with E-state index >= 15 is 0 Å². The number of hydrogen-bond acceptors (Lipinski definition) is 3. The largest absolute Gasteiger partial charge is 0.395 e. The van der Waals surface area contributed by atoms with E-state index in [2.05, 4.69) is 4.98 Å². The molecule has 0 spiro atoms. The second kappa shape index (κ2) is 1.73. The van der Waals surface area contributed by atoms with Gasteiger partial charge in [-0.3, -0.25) is 0 Å². The summed E-state index contributed by atoms with van der Waals surface area (Å²) in [6.07, 6.45) is 0. The quantitative estimate of drug-likeness (QED) is 0.427. The molecule has 9 heavy (non-hydrogen) atoms. The van der Waals surface area contributed by atoms with E-state index in [-0.39, 0.29) is 0 Å². The second-order valence-electron chi connectivity index (χ2n) is 1.68. The van der Waals surface area contributed by atoms with E-state index < -0.39 is 0 Å². The first-order valence-electron chi connectivity index (χ1n) is 2.31. The average molecular weight is 147 g/mol. The van der Waals surface area contributed by atoms with Crippen molar-refractivity contribution < 1.29 is 0 Å². The molecule has 0 amide bonds. The number of hydrogen-bond donors (Lipinski definition) is 4. The van der Waals surface area contributed by atoms with Crippen molar-refractivity contribution in [3.63, 3.8) is 0 Å². The minimum atomic E-state index is 0.296. The molecule has 0 aliphatic carbocycles. The van der Waals surface area contributed by atoms with Gasteiger partial charge in [0.05, 0.1) is 11.4 Å². The van der Waals surface area contributed by atoms with E-state index in [1.54, 1.807) is 0 Å². The number of nitrogens with two attached hydrogens (primary N) is 3. The molecule has 1 aromatic heterocycles. The lowest BCUT2D eigenvalue weighted by Crippen LogP contribution is -1.93. The van der Waals surface area contributed by atoms with Gasteiger partial charge < -0.3 is 22.2 Å². The fourth-order valence-corrected chi connectivity index (χ4v) is 0.720. The summed E-state index contributed by atoms with van der Waals surface area (Å²) >= 11 is 5.49. The number of aromatic nitrogens is 1. The predicted octanol–water partition coefficient (Wildman–Crippen LogP) is 0.415. The molecule has 0 bridgehead atoms. The topological polar surface area (TPSA) is 93.8 Å². The van der Waals surface area contributed by atoms with Crippen LogP contribution in [-0.2, 0) is 0 Å². The van der Waals surface area contributed by atoms with Gasteiger partial charge in [-0.25, -0.2) is 0 Å². The third-order valence-electron chi connectivity index (χ3n) is 1.06. The average Bonchev–Trinajstić information content (AvgIpc) is 1.98. The van der Waals surface area contributed by atoms with Gasteiger partial charge in [-0.15, -0.1) is 0 Å². The van der Waals surface area contributed by atoms with Crippen LogP contribution in [0.3, 0.4) is 0 Å². The van der Waals surface area contributed by atoms with Crippen molar-refractivity contribution in [3.8, 4) is 0 Å². The van der Waals surface area contributed by atoms with Crippen LogP contribution in [0, 0.1) is 0 Å². The molecule has 4 nitrogen and oxygen atoms in total. The van der Waals surface area contributed by atoms with E-state index in [4.69, 9.17) is 28.8 Å². The summed E-state index contributed by atoms with van der Waals surface area (Å²) in [5.41, 5.74) is 16.6. The summed E-state index contributed by atoms with van der Waals surface area (Å²) < 4.78 is 0. The first kappa shape index (κ1) is 6.10. The van der Waals surface area contributed by atoms with Crippen LogP contribution in [0.2, 0.25) is 5.15 Å². The molecule has 5 heteroatoms. The Morgan fingerprint density at radius 2 is 1.67 bits per heavy atom. The van der Waals surface area contributed by atoms with Crippen molar-refractivity contribution in [2.75, 3.05) is 17.2 Å². The molecule has 1 rings (SSSR count). The number of nitrogen functional groups attached to an aromatic ring is 3. The Morgan fingerprint density at radius 3 is 1.78 bits per heavy atom. The fraction of sp³-hybridized carbons (Fsp3) is 0. The molecular formula is C4H7ClN4. The summed E-state index contributed by atoms with van der Waals surface area (Å²) in [5, 5.41) is 0.296. The number of H-pyrrole nitrogens is 1. The second-order valence-corrected chi connectivity index (χ2v) is 2.06. The van der Waals surface area contributed by atoms with Crippen LogP contribution < -0.4 is 17.2 Å². The SMILES string of the molecule is Nc1[nH]c(Cl)c(N)c1N. The highest BCUT2D eigenvalue weighted by Gasteiger charge is 2.05. The van der Waals surface area contributed by atoms with E-state index in [0.29, 0.717) is 22.3 Å². The Balaban J connectivity index is 3.29. The molecule has 1 heterocycles. The van der Waals surface area contributed by atoms with Gasteiger partial charge in [-0.2, -0.15) is 0 Å². The van der Waals surface area contributed by atoms with E-state index in [1.165, 1.54) is 0 Å². The van der Waals surface area contributed by atoms with Crippen molar-refractivity contribution in [2.24, 2.45) is 0 Å². The van der Waals surface area contributed by atoms with Gasteiger partial charge in [-0.05, 0) is 0 Å². The van der Waals surface area contributed by atoms with Crippen molar-refractivity contribution in [1.29, 1.82) is 0 Å². The Labute approximate surface area is 57.0 Å². The van der Waals surface area contributed by atoms with Crippen LogP contribution in [-0.4, -0.2) is 4.98 Å². The number of nitrogens with one attached hydrogen (secondary N) is 1. The lowest BCUT2D eigenvalue weighted by Gasteiger charge is -1.88. The van der Waals surface area contributed by atoms with Crippen LogP contribution in [0.25, 0.3) is 0 Å². The van der Waals surface area contributed by atoms with Gasteiger partial charge in [0.15, 0.2) is 0 Å². The van der Waals surface area contributed by atoms with Gasteiger partial charge in [0, 0.05) is 0 Å². The Kier molecular flexibility index (Phi) is 1.17. The predicted molar refractivity (Wildman–Crippen MR) is 39.0 cm³/mol. The minimum absolute atomic E-state index is 0.296. The summed E-state index contributed by atoms with van der Waals surface area (Å²) in [7, 11) is 0. The van der Waals surface area contributed by atoms with Crippen LogP contribution in [0.1, 0.15) is 0 Å². The maximum Gasteiger partial charge on any atom is 0.133 e. The van der Waals surface area contributed by atoms with Gasteiger partial charge in [-0.1, -0.05) is 11.6 Å². The van der Waals surface area contributed by atoms with E-state index in [0.717, 1.165) is 0 Å². The first-order chi connectivity index (χ1) is 4.13. The monoisotopic (exact) mass is 146 g/mol. The van der Waals surface area contributed by atoms with Crippen molar-refractivity contribution in [2.45, 2.75) is 0 Å². The van der Waals surface area contributed by atoms with Crippen molar-refractivity contribution in [1.82, 2.24) is 4.98 Å². The third kappa shape index (κ3) is 0.768. The molecule has 0 aliphatic rings. The molecule has 0 atom stereocenters. The number of anilines is 3. The maximum atomic E-state index is 5.49. The molecule has 0 aromatic carbocycles. The summed E-state index contributed by atoms with van der Waals surface area (Å²) in [6, 6.07) is 0. The standard InChI is InChI=1S/C4H7ClN4/c5-3-1(6)2(7)4(8)9-3/h9H,6-8H2. The Morgan fingerprint density at radius 1 is 1.11 bits per heavy atom. The lowest BCUT2D eigenvalue weighted by molar-refractivity contribution is 1.42. The minimum Gasteiger partial charge on any atom is -0.395 e. The van der Waals surface area contributed by atoms with Gasteiger partial charge >= 0.3 is 0 Å². The van der Waals surface area contributed by atoms with Crippen LogP contribution >= 0.6 is 11.6 Å². The normalized spacial score (nSPS) is 9.89. The maximum absolute atomic E-state index is 5.49. The van der Waals surface area contributed by atoms with E-state index in [9.17, 15) is 0 Å². The third-order valence-corrected chi connectivity index (χ3v) is 1.36. The molecule has 0 radical (unpaired) electrons. The Hall–Kier alpha value is -1.03. The smallest absolute Gasteiger partial charge is 0.133 e. The van der Waals surface area contributed by atoms with Crippen LogP contribution in [0.5, 0.6) is 0 Å². The highest BCUT2D eigenvalue weighted by Crippen LogP contribution is 2.29. The van der Waals surface area contributed by atoms with Crippen molar-refractivity contribution >= 4 is 28.8 Å². The van der Waals surface area contributed by atoms with Gasteiger partial charge in [0.2, 0.25) is 0 Å². The summed E-state index contributed by atoms with van der Waals surface area (Å²) in [5.74, 6) is 0.317. The van der Waals surface area contributed by atoms with Gasteiger partial charge in [0.1, 0.15) is 11.0 Å². The molecule has 50 valence electrons. The molecule has 0 saturated heterocycles. The molecule has 0 aliphatic heterocycles. The number of aromatic amines is 1. The zero-order valence-electron chi connectivity index (χ0n) is 4.61. The van der Waals surface area contributed by atoms with Crippen molar-refractivity contribution in [3.05, 3.63) is 5.15 Å². The van der Waals surface area contributed by atoms with E-state index in [1.807, 2.05) is 0 Å². The summed E-state index contributed by atoms with van der Waals surface area (Å²) in [6.45, 7) is 0. The molecule has 0 fully saturated rings. The fourth-order valence-electron chi connectivity index (χ4n) is 0.516. The molecule has 1 aromatic rings. The summed E-state index contributed by atoms with van der Waals surface area (Å²) in [4.78, 5) is 2.57. The lowest BCUT2D eigenvalue weighted by atomic mass is 10.4. The highest BCUT2D eigenvalue weighted by molar-refractivity contribution is 6.33. The van der Waals surface area contributed by atoms with Crippen LogP contribution in [0.4, 0.5) is 17.2 Å². The Bertz CT molecular complexity index is 206. The number of halogens is 1. The molecular weight excluding hydrogens is 140 g/mol. The molecule has 0 saturated carbocycles. The molecule has 7 N–H and O–H groups in total. The number of rotatable bonds is 0. The zero-order valence-corrected chi connectivity index (χ0v) is 5.37. The van der Waals surface area contributed by atoms with Crippen LogP contribution in [0.15, 0.2) is 0 Å². The van der Waals surface area contributed by atoms with Gasteiger partial charge in [0.25, 0.3) is 0 Å². The zero-order chi connectivity index (χ0) is 7.02. The highest BCUT2D eigenvalue weighted by atomic mass is 35.5. The first-order valence-corrected chi connectivity index (χ1v) is 2.68.